The van der Waals surface area contributed by atoms with Crippen LogP contribution < -0.4 is 10.6 Å². The molecular weight excluding hydrogens is 258 g/mol. The maximum atomic E-state index is 11.6. The third-order valence-corrected chi connectivity index (χ3v) is 2.87. The molecule has 0 saturated heterocycles. The summed E-state index contributed by atoms with van der Waals surface area (Å²) in [6, 6.07) is 5.20. The van der Waals surface area contributed by atoms with E-state index in [1.165, 1.54) is 0 Å². The van der Waals surface area contributed by atoms with Crippen molar-refractivity contribution in [3.05, 3.63) is 29.6 Å². The molecule has 110 valence electrons. The minimum atomic E-state index is -0.882. The van der Waals surface area contributed by atoms with Crippen LogP contribution >= 0.6 is 0 Å². The Balaban J connectivity index is 2.34. The number of amides is 2. The van der Waals surface area contributed by atoms with Gasteiger partial charge in [-0.15, -0.1) is 0 Å². The van der Waals surface area contributed by atoms with Gasteiger partial charge in [-0.2, -0.15) is 0 Å². The zero-order chi connectivity index (χ0) is 15.0. The van der Waals surface area contributed by atoms with Crippen molar-refractivity contribution < 1.29 is 14.7 Å². The molecule has 1 aromatic rings. The van der Waals surface area contributed by atoms with Crippen molar-refractivity contribution in [3.8, 4) is 0 Å². The van der Waals surface area contributed by atoms with E-state index in [2.05, 4.69) is 15.6 Å². The number of nitrogens with one attached hydrogen (secondary N) is 2. The number of aromatic nitrogens is 1. The molecule has 0 spiro atoms. The molecule has 1 unspecified atom stereocenters. The summed E-state index contributed by atoms with van der Waals surface area (Å²) in [5.74, 6) is -1.42. The van der Waals surface area contributed by atoms with E-state index in [1.54, 1.807) is 0 Å². The second-order valence-corrected chi connectivity index (χ2v) is 4.66. The summed E-state index contributed by atoms with van der Waals surface area (Å²) in [6.45, 7) is 4.25. The third kappa shape index (κ3) is 5.69. The van der Waals surface area contributed by atoms with Gasteiger partial charge < -0.3 is 15.7 Å². The SMILES string of the molecule is CCCC(CNC(=O)NCc1cccc(C)n1)C(=O)O. The second-order valence-electron chi connectivity index (χ2n) is 4.66. The maximum Gasteiger partial charge on any atom is 0.315 e. The molecule has 0 aliphatic heterocycles. The lowest BCUT2D eigenvalue weighted by atomic mass is 10.0. The van der Waals surface area contributed by atoms with E-state index in [0.717, 1.165) is 17.8 Å². The van der Waals surface area contributed by atoms with Crippen molar-refractivity contribution in [3.63, 3.8) is 0 Å². The molecule has 6 nitrogen and oxygen atoms in total. The highest BCUT2D eigenvalue weighted by Crippen LogP contribution is 2.04. The first kappa shape index (κ1) is 15.9. The number of pyridine rings is 1. The van der Waals surface area contributed by atoms with Crippen molar-refractivity contribution in [2.24, 2.45) is 5.92 Å². The van der Waals surface area contributed by atoms with Gasteiger partial charge in [-0.05, 0) is 25.5 Å². The number of carbonyl (C=O) groups excluding carboxylic acids is 1. The molecule has 1 heterocycles. The molecule has 0 saturated carbocycles. The van der Waals surface area contributed by atoms with E-state index in [1.807, 2.05) is 32.0 Å². The van der Waals surface area contributed by atoms with Crippen LogP contribution in [-0.4, -0.2) is 28.6 Å². The molecule has 3 N–H and O–H groups in total. The Bertz CT molecular complexity index is 463. The van der Waals surface area contributed by atoms with Crippen LogP contribution in [0.15, 0.2) is 18.2 Å². The van der Waals surface area contributed by atoms with Crippen LogP contribution in [0.4, 0.5) is 4.79 Å². The van der Waals surface area contributed by atoms with Crippen LogP contribution in [0.5, 0.6) is 0 Å². The van der Waals surface area contributed by atoms with Crippen molar-refractivity contribution >= 4 is 12.0 Å². The summed E-state index contributed by atoms with van der Waals surface area (Å²) < 4.78 is 0. The van der Waals surface area contributed by atoms with E-state index in [-0.39, 0.29) is 12.6 Å². The quantitative estimate of drug-likeness (QED) is 0.708. The molecule has 0 bridgehead atoms. The first-order valence-electron chi connectivity index (χ1n) is 6.70. The molecule has 6 heteroatoms. The van der Waals surface area contributed by atoms with Crippen LogP contribution in [0.25, 0.3) is 0 Å². The zero-order valence-corrected chi connectivity index (χ0v) is 11.8. The number of aliphatic carboxylic acids is 1. The lowest BCUT2D eigenvalue weighted by Crippen LogP contribution is -2.39. The number of carbonyl (C=O) groups is 2. The van der Waals surface area contributed by atoms with Gasteiger partial charge in [0.15, 0.2) is 0 Å². The van der Waals surface area contributed by atoms with E-state index in [4.69, 9.17) is 5.11 Å². The molecule has 0 aliphatic rings. The van der Waals surface area contributed by atoms with E-state index < -0.39 is 11.9 Å². The van der Waals surface area contributed by atoms with Gasteiger partial charge in [-0.3, -0.25) is 9.78 Å². The number of hydrogen-bond acceptors (Lipinski definition) is 3. The summed E-state index contributed by atoms with van der Waals surface area (Å²) in [6.07, 6.45) is 1.32. The molecule has 0 aliphatic carbocycles. The van der Waals surface area contributed by atoms with Crippen molar-refractivity contribution in [2.45, 2.75) is 33.2 Å². The molecule has 0 fully saturated rings. The van der Waals surface area contributed by atoms with E-state index in [0.29, 0.717) is 13.0 Å². The van der Waals surface area contributed by atoms with Crippen molar-refractivity contribution in [2.75, 3.05) is 6.54 Å². The van der Waals surface area contributed by atoms with Gasteiger partial charge in [0, 0.05) is 12.2 Å². The lowest BCUT2D eigenvalue weighted by molar-refractivity contribution is -0.141. The number of urea groups is 1. The predicted molar refractivity (Wildman–Crippen MR) is 75.2 cm³/mol. The number of hydrogen-bond donors (Lipinski definition) is 3. The third-order valence-electron chi connectivity index (χ3n) is 2.87. The van der Waals surface area contributed by atoms with E-state index in [9.17, 15) is 9.59 Å². The smallest absolute Gasteiger partial charge is 0.315 e. The first-order valence-corrected chi connectivity index (χ1v) is 6.70. The number of aryl methyl sites for hydroxylation is 1. The number of carboxylic acids is 1. The summed E-state index contributed by atoms with van der Waals surface area (Å²) in [7, 11) is 0. The fourth-order valence-corrected chi connectivity index (χ4v) is 1.81. The molecule has 1 atom stereocenters. The van der Waals surface area contributed by atoms with Crippen LogP contribution in [0.1, 0.15) is 31.2 Å². The topological polar surface area (TPSA) is 91.3 Å². The number of carboxylic acid groups (broad SMARTS) is 1. The summed E-state index contributed by atoms with van der Waals surface area (Å²) in [5.41, 5.74) is 1.65. The van der Waals surface area contributed by atoms with Crippen LogP contribution in [0.2, 0.25) is 0 Å². The minimum Gasteiger partial charge on any atom is -0.481 e. The maximum absolute atomic E-state index is 11.6. The summed E-state index contributed by atoms with van der Waals surface area (Å²) in [4.78, 5) is 26.8. The molecule has 0 aromatic carbocycles. The Hall–Kier alpha value is -2.11. The predicted octanol–water partition coefficient (Wildman–Crippen LogP) is 1.69. The Kier molecular flexibility index (Phi) is 6.49. The number of rotatable bonds is 7. The zero-order valence-electron chi connectivity index (χ0n) is 11.8. The van der Waals surface area contributed by atoms with Crippen molar-refractivity contribution in [1.29, 1.82) is 0 Å². The Morgan fingerprint density at radius 1 is 1.35 bits per heavy atom. The van der Waals surface area contributed by atoms with Gasteiger partial charge >= 0.3 is 12.0 Å². The average molecular weight is 279 g/mol. The molecular formula is C14H21N3O3. The highest BCUT2D eigenvalue weighted by Gasteiger charge is 2.16. The highest BCUT2D eigenvalue weighted by atomic mass is 16.4. The molecule has 1 aromatic heterocycles. The monoisotopic (exact) mass is 279 g/mol. The highest BCUT2D eigenvalue weighted by molar-refractivity contribution is 5.75. The molecule has 0 radical (unpaired) electrons. The van der Waals surface area contributed by atoms with Gasteiger partial charge in [-0.1, -0.05) is 19.4 Å². The van der Waals surface area contributed by atoms with Crippen LogP contribution in [0, 0.1) is 12.8 Å². The average Bonchev–Trinajstić information content (AvgIpc) is 2.41. The van der Waals surface area contributed by atoms with Crippen molar-refractivity contribution in [1.82, 2.24) is 15.6 Å². The fraction of sp³-hybridized carbons (Fsp3) is 0.500. The molecule has 2 amide bonds. The minimum absolute atomic E-state index is 0.135. The van der Waals surface area contributed by atoms with Crippen LogP contribution in [0.3, 0.4) is 0 Å². The largest absolute Gasteiger partial charge is 0.481 e. The van der Waals surface area contributed by atoms with Gasteiger partial charge in [0.25, 0.3) is 0 Å². The standard InChI is InChI=1S/C14H21N3O3/c1-3-5-11(13(18)19)8-15-14(20)16-9-12-7-4-6-10(2)17-12/h4,6-7,11H,3,5,8-9H2,1-2H3,(H,18,19)(H2,15,16,20). The second kappa shape index (κ2) is 8.14. The Labute approximate surface area is 118 Å². The number of nitrogens with zero attached hydrogens (tertiary/aromatic N) is 1. The van der Waals surface area contributed by atoms with Gasteiger partial charge in [0.2, 0.25) is 0 Å². The van der Waals surface area contributed by atoms with Crippen LogP contribution in [-0.2, 0) is 11.3 Å². The first-order chi connectivity index (χ1) is 9.52. The summed E-state index contributed by atoms with van der Waals surface area (Å²) in [5, 5.41) is 14.2. The fourth-order valence-electron chi connectivity index (χ4n) is 1.81. The van der Waals surface area contributed by atoms with Gasteiger partial charge in [-0.25, -0.2) is 4.79 Å². The Morgan fingerprint density at radius 2 is 2.10 bits per heavy atom. The molecule has 1 rings (SSSR count). The Morgan fingerprint density at radius 3 is 2.70 bits per heavy atom. The van der Waals surface area contributed by atoms with Gasteiger partial charge in [0.05, 0.1) is 18.2 Å². The lowest BCUT2D eigenvalue weighted by Gasteiger charge is -2.13. The summed E-state index contributed by atoms with van der Waals surface area (Å²) >= 11 is 0. The normalized spacial score (nSPS) is 11.7. The van der Waals surface area contributed by atoms with Gasteiger partial charge in [0.1, 0.15) is 0 Å². The molecule has 20 heavy (non-hydrogen) atoms. The van der Waals surface area contributed by atoms with E-state index >= 15 is 0 Å².